The number of hydrogen-bond donors (Lipinski definition) is 1. The smallest absolute Gasteiger partial charge is 0.272 e. The molecule has 1 N–H and O–H groups in total. The number of benzene rings is 2. The van der Waals surface area contributed by atoms with Crippen LogP contribution in [-0.2, 0) is 0 Å². The van der Waals surface area contributed by atoms with E-state index in [2.05, 4.69) is 20.7 Å². The van der Waals surface area contributed by atoms with E-state index in [9.17, 15) is 4.79 Å². The minimum Gasteiger partial charge on any atom is -0.344 e. The average Bonchev–Trinajstić information content (AvgIpc) is 3.40. The van der Waals surface area contributed by atoms with Crippen molar-refractivity contribution >= 4 is 5.91 Å². The van der Waals surface area contributed by atoms with Gasteiger partial charge in [-0.2, -0.15) is 5.10 Å². The summed E-state index contributed by atoms with van der Waals surface area (Å²) in [5, 5.41) is 15.3. The second-order valence-corrected chi connectivity index (χ2v) is 6.07. The Morgan fingerprint density at radius 3 is 2.59 bits per heavy atom. The lowest BCUT2D eigenvalue weighted by atomic mass is 10.1. The Morgan fingerprint density at radius 2 is 1.81 bits per heavy atom. The number of nitrogens with one attached hydrogen (secondary N) is 1. The summed E-state index contributed by atoms with van der Waals surface area (Å²) in [6.45, 7) is 1.94. The molecule has 7 heteroatoms. The summed E-state index contributed by atoms with van der Waals surface area (Å²) in [4.78, 5) is 12.8. The SMILES string of the molecule is CC(NC(=O)c1cnnn1-c1ccccc1)c1ccccc1-n1cccn1. The van der Waals surface area contributed by atoms with Crippen molar-refractivity contribution in [1.82, 2.24) is 30.1 Å². The van der Waals surface area contributed by atoms with Crippen LogP contribution in [0.1, 0.15) is 29.0 Å². The third kappa shape index (κ3) is 3.35. The summed E-state index contributed by atoms with van der Waals surface area (Å²) >= 11 is 0. The fourth-order valence-corrected chi connectivity index (χ4v) is 2.97. The molecule has 0 saturated heterocycles. The predicted molar refractivity (Wildman–Crippen MR) is 101 cm³/mol. The fourth-order valence-electron chi connectivity index (χ4n) is 2.97. The maximum atomic E-state index is 12.8. The first-order valence-corrected chi connectivity index (χ1v) is 8.60. The van der Waals surface area contributed by atoms with E-state index in [-0.39, 0.29) is 11.9 Å². The molecule has 1 amide bonds. The third-order valence-electron chi connectivity index (χ3n) is 4.28. The fraction of sp³-hybridized carbons (Fsp3) is 0.100. The Kier molecular flexibility index (Phi) is 4.49. The van der Waals surface area contributed by atoms with E-state index in [1.165, 1.54) is 10.9 Å². The van der Waals surface area contributed by atoms with Gasteiger partial charge >= 0.3 is 0 Å². The van der Waals surface area contributed by atoms with Crippen molar-refractivity contribution in [2.75, 3.05) is 0 Å². The monoisotopic (exact) mass is 358 g/mol. The van der Waals surface area contributed by atoms with Crippen LogP contribution in [0.25, 0.3) is 11.4 Å². The molecule has 1 unspecified atom stereocenters. The Hall–Kier alpha value is -3.74. The van der Waals surface area contributed by atoms with Gasteiger partial charge < -0.3 is 5.32 Å². The summed E-state index contributed by atoms with van der Waals surface area (Å²) in [6.07, 6.45) is 5.07. The van der Waals surface area contributed by atoms with Crippen LogP contribution in [0.5, 0.6) is 0 Å². The van der Waals surface area contributed by atoms with E-state index in [4.69, 9.17) is 0 Å². The largest absolute Gasteiger partial charge is 0.344 e. The Balaban J connectivity index is 1.60. The van der Waals surface area contributed by atoms with Gasteiger partial charge in [0.2, 0.25) is 0 Å². The molecule has 0 radical (unpaired) electrons. The second-order valence-electron chi connectivity index (χ2n) is 6.07. The van der Waals surface area contributed by atoms with Crippen molar-refractivity contribution in [2.24, 2.45) is 0 Å². The predicted octanol–water partition coefficient (Wildman–Crippen LogP) is 2.94. The van der Waals surface area contributed by atoms with Gasteiger partial charge in [-0.1, -0.05) is 41.6 Å². The number of amides is 1. The summed E-state index contributed by atoms with van der Waals surface area (Å²) in [5.41, 5.74) is 3.05. The molecule has 2 heterocycles. The second kappa shape index (κ2) is 7.25. The van der Waals surface area contributed by atoms with Gasteiger partial charge in [0.05, 0.1) is 23.6 Å². The van der Waals surface area contributed by atoms with Crippen LogP contribution in [-0.4, -0.2) is 30.7 Å². The minimum absolute atomic E-state index is 0.225. The number of carbonyl (C=O) groups is 1. The first kappa shape index (κ1) is 16.7. The van der Waals surface area contributed by atoms with Crippen molar-refractivity contribution in [2.45, 2.75) is 13.0 Å². The third-order valence-corrected chi connectivity index (χ3v) is 4.28. The van der Waals surface area contributed by atoms with Crippen LogP contribution in [0.15, 0.2) is 79.3 Å². The summed E-state index contributed by atoms with van der Waals surface area (Å²) in [5.74, 6) is -0.244. The topological polar surface area (TPSA) is 77.6 Å². The molecule has 0 saturated carbocycles. The number of carbonyl (C=O) groups excluding carboxylic acids is 1. The lowest BCUT2D eigenvalue weighted by molar-refractivity contribution is 0.0932. The molecule has 27 heavy (non-hydrogen) atoms. The standard InChI is InChI=1S/C20H18N6O/c1-15(17-10-5-6-11-18(17)25-13-7-12-22-25)23-20(27)19-14-21-24-26(19)16-8-3-2-4-9-16/h2-15H,1H3,(H,23,27). The van der Waals surface area contributed by atoms with E-state index in [1.807, 2.05) is 73.8 Å². The Morgan fingerprint density at radius 1 is 1.04 bits per heavy atom. The van der Waals surface area contributed by atoms with Gasteiger partial charge in [-0.15, -0.1) is 5.10 Å². The highest BCUT2D eigenvalue weighted by Gasteiger charge is 2.19. The van der Waals surface area contributed by atoms with E-state index in [0.29, 0.717) is 5.69 Å². The molecule has 4 aromatic rings. The van der Waals surface area contributed by atoms with Gasteiger partial charge in [0.1, 0.15) is 0 Å². The molecule has 7 nitrogen and oxygen atoms in total. The molecule has 2 aromatic carbocycles. The molecule has 0 spiro atoms. The first-order valence-electron chi connectivity index (χ1n) is 8.60. The van der Waals surface area contributed by atoms with Crippen molar-refractivity contribution in [3.05, 3.63) is 90.5 Å². The van der Waals surface area contributed by atoms with Crippen LogP contribution >= 0.6 is 0 Å². The van der Waals surface area contributed by atoms with Gasteiger partial charge in [-0.05, 0) is 36.8 Å². The Labute approximate surface area is 156 Å². The van der Waals surface area contributed by atoms with Crippen molar-refractivity contribution in [1.29, 1.82) is 0 Å². The molecule has 0 aliphatic heterocycles. The maximum Gasteiger partial charge on any atom is 0.272 e. The van der Waals surface area contributed by atoms with Gasteiger partial charge in [-0.3, -0.25) is 4.79 Å². The minimum atomic E-state index is -0.244. The van der Waals surface area contributed by atoms with Gasteiger partial charge in [0.15, 0.2) is 5.69 Å². The number of nitrogens with zero attached hydrogens (tertiary/aromatic N) is 5. The number of hydrogen-bond acceptors (Lipinski definition) is 4. The zero-order valence-corrected chi connectivity index (χ0v) is 14.7. The van der Waals surface area contributed by atoms with E-state index in [0.717, 1.165) is 16.9 Å². The van der Waals surface area contributed by atoms with Crippen LogP contribution in [0.2, 0.25) is 0 Å². The highest BCUT2D eigenvalue weighted by Crippen LogP contribution is 2.21. The zero-order chi connectivity index (χ0) is 18.6. The molecule has 1 atom stereocenters. The molecule has 4 rings (SSSR count). The highest BCUT2D eigenvalue weighted by molar-refractivity contribution is 5.93. The maximum absolute atomic E-state index is 12.8. The molecule has 134 valence electrons. The lowest BCUT2D eigenvalue weighted by Gasteiger charge is -2.18. The van der Waals surface area contributed by atoms with Crippen LogP contribution in [0, 0.1) is 0 Å². The van der Waals surface area contributed by atoms with Crippen LogP contribution < -0.4 is 5.32 Å². The summed E-state index contributed by atoms with van der Waals surface area (Å²) < 4.78 is 3.31. The number of rotatable bonds is 5. The van der Waals surface area contributed by atoms with Crippen molar-refractivity contribution < 1.29 is 4.79 Å². The number of aromatic nitrogens is 5. The van der Waals surface area contributed by atoms with Gasteiger partial charge in [-0.25, -0.2) is 9.36 Å². The summed E-state index contributed by atoms with van der Waals surface area (Å²) in [7, 11) is 0. The molecule has 0 aliphatic carbocycles. The lowest BCUT2D eigenvalue weighted by Crippen LogP contribution is -2.29. The quantitative estimate of drug-likeness (QED) is 0.595. The molecule has 0 bridgehead atoms. The molecule has 0 fully saturated rings. The molecular formula is C20H18N6O. The van der Waals surface area contributed by atoms with Crippen molar-refractivity contribution in [3.63, 3.8) is 0 Å². The highest BCUT2D eigenvalue weighted by atomic mass is 16.2. The van der Waals surface area contributed by atoms with Crippen LogP contribution in [0.4, 0.5) is 0 Å². The van der Waals surface area contributed by atoms with Crippen molar-refractivity contribution in [3.8, 4) is 11.4 Å². The van der Waals surface area contributed by atoms with Gasteiger partial charge in [0.25, 0.3) is 5.91 Å². The molecular weight excluding hydrogens is 340 g/mol. The zero-order valence-electron chi connectivity index (χ0n) is 14.7. The normalized spacial score (nSPS) is 11.9. The van der Waals surface area contributed by atoms with Gasteiger partial charge in [0, 0.05) is 12.4 Å². The number of para-hydroxylation sites is 2. The summed E-state index contributed by atoms with van der Waals surface area (Å²) in [6, 6.07) is 18.9. The van der Waals surface area contributed by atoms with E-state index in [1.54, 1.807) is 10.9 Å². The van der Waals surface area contributed by atoms with E-state index < -0.39 is 0 Å². The van der Waals surface area contributed by atoms with Crippen LogP contribution in [0.3, 0.4) is 0 Å². The Bertz CT molecular complexity index is 1040. The molecule has 0 aliphatic rings. The molecule has 2 aromatic heterocycles. The van der Waals surface area contributed by atoms with E-state index >= 15 is 0 Å². The first-order chi connectivity index (χ1) is 13.2. The average molecular weight is 358 g/mol.